The van der Waals surface area contributed by atoms with E-state index < -0.39 is 49.9 Å². The number of carbonyl (C=O) groups is 2. The minimum atomic E-state index is -3.86. The van der Waals surface area contributed by atoms with Gasteiger partial charge in [0.25, 0.3) is 0 Å². The van der Waals surface area contributed by atoms with Crippen LogP contribution in [0.3, 0.4) is 0 Å². The number of hydrogen-bond donors (Lipinski definition) is 2. The Bertz CT molecular complexity index is 581. The van der Waals surface area contributed by atoms with Gasteiger partial charge in [-0.15, -0.1) is 0 Å². The fourth-order valence-corrected chi connectivity index (χ4v) is 5.69. The fraction of sp³-hybridized carbons (Fsp3) is 0.846. The summed E-state index contributed by atoms with van der Waals surface area (Å²) >= 11 is 0. The first kappa shape index (κ1) is 16.2. The molecule has 2 heterocycles. The maximum absolute atomic E-state index is 12.6. The zero-order valence-electron chi connectivity index (χ0n) is 12.5. The van der Waals surface area contributed by atoms with Crippen LogP contribution in [0.4, 0.5) is 0 Å². The number of aliphatic hydroxyl groups excluding tert-OH is 1. The minimum absolute atomic E-state index is 0.106. The Morgan fingerprint density at radius 1 is 1.38 bits per heavy atom. The summed E-state index contributed by atoms with van der Waals surface area (Å²) in [7, 11) is -3.86. The number of amides is 1. The van der Waals surface area contributed by atoms with E-state index in [9.17, 15) is 28.2 Å². The summed E-state index contributed by atoms with van der Waals surface area (Å²) in [5.41, 5.74) is 0. The van der Waals surface area contributed by atoms with Gasteiger partial charge in [-0.2, -0.15) is 0 Å². The van der Waals surface area contributed by atoms with Crippen molar-refractivity contribution in [1.29, 1.82) is 0 Å². The Labute approximate surface area is 123 Å². The average Bonchev–Trinajstić information content (AvgIpc) is 2.42. The van der Waals surface area contributed by atoms with Crippen molar-refractivity contribution in [2.24, 2.45) is 11.8 Å². The van der Waals surface area contributed by atoms with Crippen LogP contribution in [-0.2, 0) is 19.4 Å². The molecule has 0 bridgehead atoms. The molecule has 7 nitrogen and oxygen atoms in total. The number of hydrogen-bond acceptors (Lipinski definition) is 5. The van der Waals surface area contributed by atoms with Crippen LogP contribution in [0.1, 0.15) is 34.1 Å². The van der Waals surface area contributed by atoms with Gasteiger partial charge in [0.15, 0.2) is 9.84 Å². The van der Waals surface area contributed by atoms with E-state index in [0.29, 0.717) is 6.42 Å². The lowest BCUT2D eigenvalue weighted by molar-refractivity contribution is -0.169. The number of sulfone groups is 1. The smallest absolute Gasteiger partial charge is 0.328 e. The van der Waals surface area contributed by atoms with E-state index in [0.717, 1.165) is 4.90 Å². The molecule has 2 aliphatic rings. The number of rotatable bonds is 4. The summed E-state index contributed by atoms with van der Waals surface area (Å²) in [5.74, 6) is -2.87. The molecule has 4 atom stereocenters. The van der Waals surface area contributed by atoms with Crippen molar-refractivity contribution in [3.05, 3.63) is 0 Å². The molecule has 120 valence electrons. The third-order valence-corrected chi connectivity index (χ3v) is 7.32. The molecule has 0 aromatic carbocycles. The van der Waals surface area contributed by atoms with Gasteiger partial charge in [0.2, 0.25) is 5.91 Å². The van der Waals surface area contributed by atoms with Crippen LogP contribution < -0.4 is 0 Å². The Morgan fingerprint density at radius 3 is 2.33 bits per heavy atom. The van der Waals surface area contributed by atoms with Gasteiger partial charge in [0, 0.05) is 0 Å². The number of carboxylic acids is 1. The highest BCUT2D eigenvalue weighted by Gasteiger charge is 2.73. The second kappa shape index (κ2) is 4.67. The van der Waals surface area contributed by atoms with Gasteiger partial charge in [-0.3, -0.25) is 4.79 Å². The van der Waals surface area contributed by atoms with E-state index in [1.165, 1.54) is 13.8 Å². The molecule has 0 radical (unpaired) electrons. The number of nitrogens with zero attached hydrogens (tertiary/aromatic N) is 1. The molecule has 8 heteroatoms. The van der Waals surface area contributed by atoms with Crippen LogP contribution in [0.15, 0.2) is 0 Å². The second-order valence-corrected chi connectivity index (χ2v) is 9.37. The van der Waals surface area contributed by atoms with E-state index in [4.69, 9.17) is 0 Å². The summed E-state index contributed by atoms with van der Waals surface area (Å²) in [5, 5.41) is 18.2. The van der Waals surface area contributed by atoms with E-state index in [2.05, 4.69) is 0 Å². The summed E-state index contributed by atoms with van der Waals surface area (Å²) in [6.07, 6.45) is -0.772. The van der Waals surface area contributed by atoms with Gasteiger partial charge in [-0.1, -0.05) is 13.8 Å². The molecule has 0 spiro atoms. The Hall–Kier alpha value is -1.15. The van der Waals surface area contributed by atoms with Crippen LogP contribution in [0.5, 0.6) is 0 Å². The van der Waals surface area contributed by atoms with Gasteiger partial charge < -0.3 is 15.1 Å². The first-order valence-corrected chi connectivity index (χ1v) is 8.45. The zero-order chi connectivity index (χ0) is 16.3. The minimum Gasteiger partial charge on any atom is -0.480 e. The number of aliphatic carboxylic acids is 1. The molecular weight excluding hydrogens is 298 g/mol. The van der Waals surface area contributed by atoms with Gasteiger partial charge >= 0.3 is 5.97 Å². The molecule has 2 aliphatic heterocycles. The first-order chi connectivity index (χ1) is 9.44. The maximum atomic E-state index is 12.6. The molecule has 2 rings (SSSR count). The molecule has 2 N–H and O–H groups in total. The van der Waals surface area contributed by atoms with Crippen molar-refractivity contribution in [2.75, 3.05) is 0 Å². The quantitative estimate of drug-likeness (QED) is 0.696. The highest BCUT2D eigenvalue weighted by molar-refractivity contribution is 7.93. The van der Waals surface area contributed by atoms with Crippen molar-refractivity contribution in [3.8, 4) is 0 Å². The second-order valence-electron chi connectivity index (χ2n) is 6.75. The van der Waals surface area contributed by atoms with Crippen molar-refractivity contribution in [3.63, 3.8) is 0 Å². The van der Waals surface area contributed by atoms with Crippen LogP contribution >= 0.6 is 0 Å². The molecule has 1 amide bonds. The number of β-lactam (4-membered cyclic amide) rings is 1. The predicted octanol–water partition coefficient (Wildman–Crippen LogP) is -0.162. The molecule has 0 aliphatic carbocycles. The number of carbonyl (C=O) groups excluding carboxylic acids is 1. The van der Waals surface area contributed by atoms with Gasteiger partial charge in [0.05, 0.1) is 16.8 Å². The zero-order valence-corrected chi connectivity index (χ0v) is 13.3. The molecule has 2 fully saturated rings. The highest BCUT2D eigenvalue weighted by atomic mass is 32.2. The van der Waals surface area contributed by atoms with Crippen molar-refractivity contribution < 1.29 is 28.2 Å². The lowest BCUT2D eigenvalue weighted by atomic mass is 9.85. The van der Waals surface area contributed by atoms with Crippen LogP contribution in [-0.4, -0.2) is 57.7 Å². The molecule has 0 unspecified atom stereocenters. The Morgan fingerprint density at radius 2 is 1.90 bits per heavy atom. The highest BCUT2D eigenvalue weighted by Crippen LogP contribution is 2.50. The van der Waals surface area contributed by atoms with E-state index in [-0.39, 0.29) is 5.92 Å². The first-order valence-electron chi connectivity index (χ1n) is 6.91. The number of fused-ring (bicyclic) bond motifs is 1. The maximum Gasteiger partial charge on any atom is 0.328 e. The summed E-state index contributed by atoms with van der Waals surface area (Å²) in [6, 6.07) is -1.40. The number of aliphatic hydroxyl groups is 1. The van der Waals surface area contributed by atoms with E-state index >= 15 is 0 Å². The summed E-state index contributed by atoms with van der Waals surface area (Å²) in [6.45, 7) is 6.35. The van der Waals surface area contributed by atoms with Crippen LogP contribution in [0.2, 0.25) is 0 Å². The monoisotopic (exact) mass is 319 g/mol. The Balaban J connectivity index is 2.41. The third kappa shape index (κ3) is 1.99. The standard InChI is InChI=1S/C13H21NO6S/c1-6(2)5-7(15)8-10(16)14-9(12(17)18)13(3,4)21(19,20)11(8)14/h6-9,11,15H,5H2,1-4H3,(H,17,18)/t7-,8+,9-,11+/m0/s1. The van der Waals surface area contributed by atoms with E-state index in [1.807, 2.05) is 13.8 Å². The largest absolute Gasteiger partial charge is 0.480 e. The normalized spacial score (nSPS) is 34.5. The summed E-state index contributed by atoms with van der Waals surface area (Å²) in [4.78, 5) is 24.5. The molecular formula is C13H21NO6S. The summed E-state index contributed by atoms with van der Waals surface area (Å²) < 4.78 is 23.6. The van der Waals surface area contributed by atoms with Gasteiger partial charge in [0.1, 0.15) is 11.4 Å². The topological polar surface area (TPSA) is 112 Å². The average molecular weight is 319 g/mol. The van der Waals surface area contributed by atoms with Crippen molar-refractivity contribution in [1.82, 2.24) is 4.90 Å². The molecule has 0 aromatic heterocycles. The van der Waals surface area contributed by atoms with Crippen molar-refractivity contribution >= 4 is 21.7 Å². The van der Waals surface area contributed by atoms with Crippen molar-refractivity contribution in [2.45, 2.75) is 56.4 Å². The SMILES string of the molecule is CC(C)C[C@H](O)[C@@H]1C(=O)N2[C@@H](C(=O)O)C(C)(C)S(=O)(=O)[C@H]12. The third-order valence-electron chi connectivity index (χ3n) is 4.47. The fourth-order valence-electron chi connectivity index (χ4n) is 3.33. The Kier molecular flexibility index (Phi) is 3.61. The predicted molar refractivity (Wildman–Crippen MR) is 74.0 cm³/mol. The number of carboxylic acid groups (broad SMARTS) is 1. The molecule has 21 heavy (non-hydrogen) atoms. The van der Waals surface area contributed by atoms with Crippen LogP contribution in [0.25, 0.3) is 0 Å². The van der Waals surface area contributed by atoms with Gasteiger partial charge in [-0.05, 0) is 26.2 Å². The van der Waals surface area contributed by atoms with E-state index in [1.54, 1.807) is 0 Å². The lowest BCUT2D eigenvalue weighted by Crippen LogP contribution is -2.66. The molecule has 0 saturated carbocycles. The van der Waals surface area contributed by atoms with Gasteiger partial charge in [-0.25, -0.2) is 13.2 Å². The lowest BCUT2D eigenvalue weighted by Gasteiger charge is -2.44. The molecule has 2 saturated heterocycles. The molecule has 0 aromatic rings. The van der Waals surface area contributed by atoms with Crippen LogP contribution in [0, 0.1) is 11.8 Å².